The average molecular weight is 1420 g/mol. The molecule has 10 rings (SSSR count). The minimum absolute atomic E-state index is 0. The zero-order valence-corrected chi connectivity index (χ0v) is 58.5. The molecule has 84 heavy (non-hydrogen) atoms. The number of halogens is 6. The Morgan fingerprint density at radius 1 is 0.548 bits per heavy atom. The Labute approximate surface area is 557 Å². The molecule has 19 heteroatoms. The van der Waals surface area contributed by atoms with Gasteiger partial charge in [0, 0.05) is 85.2 Å². The predicted molar refractivity (Wildman–Crippen MR) is 353 cm³/mol. The fraction of sp³-hybridized carbons (Fsp3) is 0.246. The molecule has 0 unspecified atom stereocenters. The number of allylic oxidation sites excluding steroid dienone is 2. The third-order valence-electron chi connectivity index (χ3n) is 13.5. The first-order valence-corrected chi connectivity index (χ1v) is 28.7. The van der Waals surface area contributed by atoms with E-state index in [2.05, 4.69) is 52.7 Å². The van der Waals surface area contributed by atoms with Gasteiger partial charge in [-0.3, -0.25) is 19.4 Å². The van der Waals surface area contributed by atoms with Gasteiger partial charge < -0.3 is 41.5 Å². The van der Waals surface area contributed by atoms with Crippen LogP contribution in [0.4, 0.5) is 0 Å². The maximum atomic E-state index is 13.1. The van der Waals surface area contributed by atoms with Crippen LogP contribution in [0, 0.1) is 13.5 Å². The van der Waals surface area contributed by atoms with E-state index in [1.807, 2.05) is 201 Å². The summed E-state index contributed by atoms with van der Waals surface area (Å²) < 4.78 is 16.6. The molecule has 0 amide bonds. The summed E-state index contributed by atoms with van der Waals surface area (Å²) in [6, 6.07) is 49.5. The van der Waals surface area contributed by atoms with Crippen molar-refractivity contribution in [3.05, 3.63) is 211 Å². The quantitative estimate of drug-likeness (QED) is 0.0622. The molecule has 0 fully saturated rings. The Morgan fingerprint density at radius 3 is 1.06 bits per heavy atom. The van der Waals surface area contributed by atoms with Crippen LogP contribution in [0.5, 0.6) is 17.2 Å². The Hall–Kier alpha value is -4.83. The number of hydrogen-bond acceptors (Lipinski definition) is 11. The minimum atomic E-state index is -1.17. The molecule has 0 saturated carbocycles. The molecule has 0 saturated heterocycles. The first kappa shape index (κ1) is 73.4. The number of ketones is 2. The molecule has 2 aliphatic heterocycles. The van der Waals surface area contributed by atoms with Gasteiger partial charge in [0.2, 0.25) is 0 Å². The van der Waals surface area contributed by atoms with Crippen LogP contribution >= 0.6 is 78.3 Å². The van der Waals surface area contributed by atoms with Gasteiger partial charge in [-0.25, -0.2) is 0 Å². The molecule has 1 radical (unpaired) electrons. The predicted octanol–water partition coefficient (Wildman–Crippen LogP) is 15.8. The SMILES string of the molecule is CB(O)O.CN=C(C)C.COc1ccc(-c2c(-c3ccc(Br)cc3)c2=O)cc1.COc1ccc(C2=C(c3cc[c-]cc3)C(=O)C(C)(C)N2C)cc1.COc1ccc(C2=C(c3ccc(Br)cc3)C(=O)C(C)(C)N2C)cc1.ClC1=C(Cl)C1(Cl)Cl.[CH3-].[Y]. The van der Waals surface area contributed by atoms with Crippen molar-refractivity contribution in [1.29, 1.82) is 0 Å². The van der Waals surface area contributed by atoms with Gasteiger partial charge in [-0.1, -0.05) is 115 Å². The van der Waals surface area contributed by atoms with E-state index in [0.717, 1.165) is 99.0 Å². The van der Waals surface area contributed by atoms with E-state index in [1.165, 1.54) is 6.82 Å². The van der Waals surface area contributed by atoms with E-state index in [9.17, 15) is 14.4 Å². The van der Waals surface area contributed by atoms with Crippen LogP contribution in [0.2, 0.25) is 6.82 Å². The molecule has 1 aliphatic carbocycles. The fourth-order valence-electron chi connectivity index (χ4n) is 8.18. The van der Waals surface area contributed by atoms with E-state index < -0.39 is 22.5 Å². The van der Waals surface area contributed by atoms with Crippen molar-refractivity contribution in [2.75, 3.05) is 42.5 Å². The van der Waals surface area contributed by atoms with Crippen molar-refractivity contribution in [3.8, 4) is 39.5 Å². The molecule has 0 aromatic heterocycles. The molecule has 0 atom stereocenters. The Balaban J connectivity index is 0.000000289. The number of carbonyl (C=O) groups excluding carboxylic acids is 2. The van der Waals surface area contributed by atoms with Crippen LogP contribution in [0.15, 0.2) is 174 Å². The number of Topliss-reactive ketones (excluding diaryl/α,β-unsaturated/α-hetero) is 2. The number of aliphatic imine (C=N–C) groups is 1. The first-order valence-electron chi connectivity index (χ1n) is 25.6. The van der Waals surface area contributed by atoms with Gasteiger partial charge in [0.1, 0.15) is 17.2 Å². The summed E-state index contributed by atoms with van der Waals surface area (Å²) in [6.07, 6.45) is 0. The number of rotatable bonds is 9. The molecule has 0 bridgehead atoms. The van der Waals surface area contributed by atoms with Gasteiger partial charge >= 0.3 is 7.12 Å². The van der Waals surface area contributed by atoms with Crippen LogP contribution in [0.25, 0.3) is 44.8 Å². The van der Waals surface area contributed by atoms with Gasteiger partial charge in [0.15, 0.2) is 21.3 Å². The van der Waals surface area contributed by atoms with Gasteiger partial charge in [0.05, 0.1) is 59.4 Å². The van der Waals surface area contributed by atoms with Crippen LogP contribution < -0.4 is 19.6 Å². The van der Waals surface area contributed by atoms with E-state index in [0.29, 0.717) is 10.1 Å². The van der Waals surface area contributed by atoms with Crippen molar-refractivity contribution in [2.45, 2.75) is 63.8 Å². The van der Waals surface area contributed by atoms with E-state index >= 15 is 0 Å². The van der Waals surface area contributed by atoms with Gasteiger partial charge in [-0.05, 0) is 161 Å². The number of likely N-dealkylation sites (N-methyl/N-ethyl adjacent to an activating group) is 2. The number of benzene rings is 6. The largest absolute Gasteiger partial charge is 0.497 e. The maximum absolute atomic E-state index is 13.1. The molecule has 7 aromatic carbocycles. The number of carbonyl (C=O) groups is 2. The number of alkyl halides is 2. The molecular formula is C65H68BBr2Cl4N3O8Y-2. The summed E-state index contributed by atoms with van der Waals surface area (Å²) in [5.41, 5.74) is 11.0. The summed E-state index contributed by atoms with van der Waals surface area (Å²) >= 11 is 28.2. The standard InChI is InChI=1S/C20H20BrNO2.C20H20NO2.C16H11BrO2.C4H9N.C3Cl4.CH5BO2.CH3.Y/c1-20(2)19(23)17(13-5-9-15(21)10-6-13)18(22(20)3)14-7-11-16(24-4)12-8-14;1-20(2)19(22)17(14-8-6-5-7-9-14)18(21(20)3)15-10-12-16(23-4)13-11-15;1-19-13-8-4-11(5-9-13)15-14(16(15)18)10-2-6-12(17)7-3-10;1-4(2)5-3;4-1-2(5)3(1,6)7;1-2(3)4;;/h5-12H,1-4H3;6-13H,1-4H3;2-9H,1H3;1-3H3;;3-4H,1H3;1H3;/q;-1;;;;;-1;. The van der Waals surface area contributed by atoms with Crippen LogP contribution in [0.3, 0.4) is 0 Å². The second-order valence-corrected chi connectivity index (χ2v) is 23.8. The van der Waals surface area contributed by atoms with Gasteiger partial charge in [-0.15, -0.1) is 5.56 Å². The normalized spacial score (nSPS) is 14.7. The van der Waals surface area contributed by atoms with E-state index in [4.69, 9.17) is 70.7 Å². The molecule has 7 aromatic rings. The van der Waals surface area contributed by atoms with Crippen molar-refractivity contribution < 1.29 is 66.6 Å². The third kappa shape index (κ3) is 18.1. The average Bonchev–Trinajstić information content (AvgIpc) is 2.74. The molecule has 441 valence electrons. The summed E-state index contributed by atoms with van der Waals surface area (Å²) in [5, 5.41) is 15.9. The third-order valence-corrected chi connectivity index (χ3v) is 16.8. The number of hydrogen-bond donors (Lipinski definition) is 2. The number of nitrogens with zero attached hydrogens (tertiary/aromatic N) is 3. The van der Waals surface area contributed by atoms with Crippen LogP contribution in [0.1, 0.15) is 63.8 Å². The number of ether oxygens (including phenoxy) is 3. The monoisotopic (exact) mass is 1420 g/mol. The molecule has 2 N–H and O–H groups in total. The topological polar surface area (TPSA) is 138 Å². The Kier molecular flexibility index (Phi) is 28.2. The Bertz CT molecular complexity index is 3450. The summed E-state index contributed by atoms with van der Waals surface area (Å²) in [6.45, 7) is 13.1. The molecular weight excluding hydrogens is 1350 g/mol. The number of methoxy groups -OCH3 is 3. The van der Waals surface area contributed by atoms with Crippen molar-refractivity contribution in [1.82, 2.24) is 9.80 Å². The smallest absolute Gasteiger partial charge is 0.448 e. The van der Waals surface area contributed by atoms with Gasteiger partial charge in [0.25, 0.3) is 0 Å². The second-order valence-electron chi connectivity index (χ2n) is 19.9. The van der Waals surface area contributed by atoms with Crippen LogP contribution in [-0.4, -0.2) is 102 Å². The molecule has 3 aliphatic rings. The van der Waals surface area contributed by atoms with Gasteiger partial charge in [-0.2, -0.15) is 30.3 Å². The summed E-state index contributed by atoms with van der Waals surface area (Å²) in [4.78, 5) is 46.0. The van der Waals surface area contributed by atoms with Crippen molar-refractivity contribution in [3.63, 3.8) is 0 Å². The minimum Gasteiger partial charge on any atom is -0.497 e. The van der Waals surface area contributed by atoms with E-state index in [-0.39, 0.29) is 57.1 Å². The zero-order valence-electron chi connectivity index (χ0n) is 49.5. The zero-order chi connectivity index (χ0) is 61.0. The fourth-order valence-corrected chi connectivity index (χ4v) is 9.62. The van der Waals surface area contributed by atoms with Crippen LogP contribution in [-0.2, 0) is 42.3 Å². The van der Waals surface area contributed by atoms with E-state index in [1.54, 1.807) is 28.4 Å². The summed E-state index contributed by atoms with van der Waals surface area (Å²) in [5.74, 6) is 2.67. The summed E-state index contributed by atoms with van der Waals surface area (Å²) in [7, 11) is 9.49. The van der Waals surface area contributed by atoms with Crippen molar-refractivity contribution in [2.24, 2.45) is 4.99 Å². The molecule has 0 spiro atoms. The molecule has 2 heterocycles. The second kappa shape index (κ2) is 32.2. The maximum Gasteiger partial charge on any atom is 0.448 e. The Morgan fingerprint density at radius 2 is 0.798 bits per heavy atom. The first-order chi connectivity index (χ1) is 38.6. The van der Waals surface area contributed by atoms with Crippen molar-refractivity contribution >= 4 is 125 Å². The molecule has 11 nitrogen and oxygen atoms in total.